The lowest BCUT2D eigenvalue weighted by molar-refractivity contribution is -0.115. The minimum Gasteiger partial charge on any atom is -0.481 e. The van der Waals surface area contributed by atoms with Gasteiger partial charge in [-0.25, -0.2) is 18.4 Å². The van der Waals surface area contributed by atoms with E-state index >= 15 is 0 Å². The van der Waals surface area contributed by atoms with Crippen molar-refractivity contribution in [3.8, 4) is 5.88 Å². The van der Waals surface area contributed by atoms with Gasteiger partial charge in [-0.1, -0.05) is 29.8 Å². The molecule has 3 aromatic rings. The summed E-state index contributed by atoms with van der Waals surface area (Å²) >= 11 is 5.14. The highest BCUT2D eigenvalue weighted by Crippen LogP contribution is 2.18. The van der Waals surface area contributed by atoms with Gasteiger partial charge in [0.15, 0.2) is 5.11 Å². The molecule has 3 rings (SSSR count). The topological polar surface area (TPSA) is 122 Å². The summed E-state index contributed by atoms with van der Waals surface area (Å²) in [6.07, 6.45) is 4.24. The van der Waals surface area contributed by atoms with E-state index in [4.69, 9.17) is 17.0 Å². The van der Waals surface area contributed by atoms with E-state index in [0.29, 0.717) is 5.69 Å². The Balaban J connectivity index is 1.57. The van der Waals surface area contributed by atoms with Gasteiger partial charge in [0, 0.05) is 17.8 Å². The minimum atomic E-state index is -3.87. The maximum atomic E-state index is 12.6. The molecule has 170 valence electrons. The van der Waals surface area contributed by atoms with Crippen LogP contribution in [0.25, 0.3) is 6.08 Å². The van der Waals surface area contributed by atoms with E-state index in [0.717, 1.165) is 11.1 Å². The second kappa shape index (κ2) is 10.7. The standard InChI is InChI=1S/C22H21N5O4S2/c1-15-3-5-16(6-4-15)7-12-20(28)26-22(32)25-17-8-10-18(11-9-17)33(29,30)27-19-13-21(31-2)24-14-23-19/h3-14H,1-2H3,(H,23,24,27)(H2,25,26,28,32)/b12-7+. The zero-order valence-electron chi connectivity index (χ0n) is 17.8. The maximum absolute atomic E-state index is 12.6. The van der Waals surface area contributed by atoms with Gasteiger partial charge in [0.05, 0.1) is 12.0 Å². The second-order valence-electron chi connectivity index (χ2n) is 6.76. The number of nitrogens with one attached hydrogen (secondary N) is 3. The molecule has 0 fully saturated rings. The van der Waals surface area contributed by atoms with Crippen molar-refractivity contribution in [3.63, 3.8) is 0 Å². The Hall–Kier alpha value is -3.83. The molecule has 1 heterocycles. The zero-order valence-corrected chi connectivity index (χ0v) is 19.4. The van der Waals surface area contributed by atoms with Crippen LogP contribution < -0.4 is 20.1 Å². The number of thiocarbonyl (C=S) groups is 1. The monoisotopic (exact) mass is 483 g/mol. The van der Waals surface area contributed by atoms with Crippen molar-refractivity contribution in [3.05, 3.63) is 78.1 Å². The number of hydrogen-bond donors (Lipinski definition) is 3. The van der Waals surface area contributed by atoms with E-state index < -0.39 is 15.9 Å². The summed E-state index contributed by atoms with van der Waals surface area (Å²) in [7, 11) is -2.46. The van der Waals surface area contributed by atoms with Gasteiger partial charge in [0.2, 0.25) is 11.8 Å². The third-order valence-corrected chi connectivity index (χ3v) is 5.83. The van der Waals surface area contributed by atoms with Crippen LogP contribution in [-0.2, 0) is 14.8 Å². The molecule has 33 heavy (non-hydrogen) atoms. The van der Waals surface area contributed by atoms with Gasteiger partial charge in [-0.15, -0.1) is 0 Å². The predicted octanol–water partition coefficient (Wildman–Crippen LogP) is 3.12. The largest absolute Gasteiger partial charge is 0.481 e. The van der Waals surface area contributed by atoms with Gasteiger partial charge in [-0.2, -0.15) is 0 Å². The number of benzene rings is 2. The van der Waals surface area contributed by atoms with Crippen LogP contribution in [0.3, 0.4) is 0 Å². The van der Waals surface area contributed by atoms with Crippen molar-refractivity contribution in [2.45, 2.75) is 11.8 Å². The molecule has 0 unspecified atom stereocenters. The fourth-order valence-corrected chi connectivity index (χ4v) is 3.80. The Morgan fingerprint density at radius 3 is 2.42 bits per heavy atom. The van der Waals surface area contributed by atoms with E-state index in [1.165, 1.54) is 49.8 Å². The second-order valence-corrected chi connectivity index (χ2v) is 8.85. The molecule has 0 radical (unpaired) electrons. The van der Waals surface area contributed by atoms with E-state index in [9.17, 15) is 13.2 Å². The average molecular weight is 484 g/mol. The van der Waals surface area contributed by atoms with Crippen molar-refractivity contribution >= 4 is 50.8 Å². The molecular weight excluding hydrogens is 462 g/mol. The van der Waals surface area contributed by atoms with Crippen LogP contribution in [0, 0.1) is 6.92 Å². The number of aromatic nitrogens is 2. The first-order valence-electron chi connectivity index (χ1n) is 9.61. The number of carbonyl (C=O) groups is 1. The van der Waals surface area contributed by atoms with Crippen LogP contribution >= 0.6 is 12.2 Å². The number of methoxy groups -OCH3 is 1. The van der Waals surface area contributed by atoms with Crippen molar-refractivity contribution < 1.29 is 17.9 Å². The average Bonchev–Trinajstić information content (AvgIpc) is 2.79. The summed E-state index contributed by atoms with van der Waals surface area (Å²) < 4.78 is 32.4. The number of anilines is 2. The van der Waals surface area contributed by atoms with Crippen molar-refractivity contribution in [1.82, 2.24) is 15.3 Å². The molecule has 0 aliphatic heterocycles. The van der Waals surface area contributed by atoms with Crippen molar-refractivity contribution in [2.24, 2.45) is 0 Å². The lowest BCUT2D eigenvalue weighted by Crippen LogP contribution is -2.32. The van der Waals surface area contributed by atoms with Gasteiger partial charge >= 0.3 is 0 Å². The summed E-state index contributed by atoms with van der Waals surface area (Å²) in [5.74, 6) is -0.0881. The smallest absolute Gasteiger partial charge is 0.263 e. The summed E-state index contributed by atoms with van der Waals surface area (Å²) in [5.41, 5.74) is 2.52. The minimum absolute atomic E-state index is 0.0154. The number of rotatable bonds is 7. The van der Waals surface area contributed by atoms with E-state index in [2.05, 4.69) is 25.3 Å². The number of sulfonamides is 1. The number of carbonyl (C=O) groups excluding carboxylic acids is 1. The Labute approximate surface area is 197 Å². The molecule has 11 heteroatoms. The summed E-state index contributed by atoms with van der Waals surface area (Å²) in [6, 6.07) is 14.9. The first-order valence-corrected chi connectivity index (χ1v) is 11.5. The highest BCUT2D eigenvalue weighted by molar-refractivity contribution is 7.92. The van der Waals surface area contributed by atoms with Gasteiger partial charge in [0.25, 0.3) is 10.0 Å². The quantitative estimate of drug-likeness (QED) is 0.346. The SMILES string of the molecule is COc1cc(NS(=O)(=O)c2ccc(NC(=S)NC(=O)/C=C/c3ccc(C)cc3)cc2)ncn1. The fourth-order valence-electron chi connectivity index (χ4n) is 2.59. The Morgan fingerprint density at radius 1 is 1.06 bits per heavy atom. The van der Waals surface area contributed by atoms with Gasteiger partial charge in [-0.3, -0.25) is 14.8 Å². The highest BCUT2D eigenvalue weighted by Gasteiger charge is 2.15. The summed E-state index contributed by atoms with van der Waals surface area (Å²) in [5, 5.41) is 5.45. The number of nitrogens with zero attached hydrogens (tertiary/aromatic N) is 2. The molecule has 0 saturated heterocycles. The third kappa shape index (κ3) is 7.09. The van der Waals surface area contributed by atoms with E-state index in [1.54, 1.807) is 6.08 Å². The van der Waals surface area contributed by atoms with Crippen molar-refractivity contribution in [2.75, 3.05) is 17.1 Å². The normalized spacial score (nSPS) is 11.1. The number of ether oxygens (including phenoxy) is 1. The predicted molar refractivity (Wildman–Crippen MR) is 130 cm³/mol. The molecule has 2 aromatic carbocycles. The van der Waals surface area contributed by atoms with Crippen LogP contribution in [0.1, 0.15) is 11.1 Å². The molecule has 1 amide bonds. The summed E-state index contributed by atoms with van der Waals surface area (Å²) in [6.45, 7) is 1.98. The third-order valence-electron chi connectivity index (χ3n) is 4.25. The van der Waals surface area contributed by atoms with Crippen LogP contribution in [0.4, 0.5) is 11.5 Å². The molecule has 9 nitrogen and oxygen atoms in total. The Morgan fingerprint density at radius 2 is 1.76 bits per heavy atom. The molecule has 0 atom stereocenters. The molecule has 0 spiro atoms. The molecular formula is C22H21N5O4S2. The molecule has 3 N–H and O–H groups in total. The highest BCUT2D eigenvalue weighted by atomic mass is 32.2. The Kier molecular flexibility index (Phi) is 7.70. The first-order chi connectivity index (χ1) is 15.7. The van der Waals surface area contributed by atoms with Crippen LogP contribution in [-0.4, -0.2) is 36.5 Å². The van der Waals surface area contributed by atoms with Gasteiger partial charge in [0.1, 0.15) is 12.1 Å². The Bertz CT molecular complexity index is 1270. The van der Waals surface area contributed by atoms with Crippen LogP contribution in [0.5, 0.6) is 5.88 Å². The van der Waals surface area contributed by atoms with Crippen LogP contribution in [0.2, 0.25) is 0 Å². The maximum Gasteiger partial charge on any atom is 0.263 e. The molecule has 0 aliphatic carbocycles. The molecule has 1 aromatic heterocycles. The van der Waals surface area contributed by atoms with Gasteiger partial charge < -0.3 is 10.1 Å². The fraction of sp³-hybridized carbons (Fsp3) is 0.0909. The number of amides is 1. The van der Waals surface area contributed by atoms with Crippen molar-refractivity contribution in [1.29, 1.82) is 0 Å². The molecule has 0 aliphatic rings. The van der Waals surface area contributed by atoms with Crippen LogP contribution in [0.15, 0.2) is 71.9 Å². The van der Waals surface area contributed by atoms with E-state index in [1.807, 2.05) is 31.2 Å². The lowest BCUT2D eigenvalue weighted by atomic mass is 10.1. The number of hydrogen-bond acceptors (Lipinski definition) is 7. The zero-order chi connectivity index (χ0) is 23.8. The lowest BCUT2D eigenvalue weighted by Gasteiger charge is -2.10. The number of aryl methyl sites for hydroxylation is 1. The first kappa shape index (κ1) is 23.8. The van der Waals surface area contributed by atoms with E-state index in [-0.39, 0.29) is 21.7 Å². The molecule has 0 bridgehead atoms. The van der Waals surface area contributed by atoms with Gasteiger partial charge in [-0.05, 0) is 55.0 Å². The molecule has 0 saturated carbocycles. The summed E-state index contributed by atoms with van der Waals surface area (Å²) in [4.78, 5) is 19.8.